The molecule has 0 bridgehead atoms. The van der Waals surface area contributed by atoms with E-state index in [-0.39, 0.29) is 5.91 Å². The SMILES string of the molecule is CCCNC(=O)c1cc(-c2ccc(C(F)(F)F)cc2)[nH]c1-c1ccncc1. The van der Waals surface area contributed by atoms with E-state index in [9.17, 15) is 18.0 Å². The number of amides is 1. The first-order valence-electron chi connectivity index (χ1n) is 8.49. The molecule has 140 valence electrons. The van der Waals surface area contributed by atoms with E-state index in [0.717, 1.165) is 24.1 Å². The van der Waals surface area contributed by atoms with E-state index in [1.165, 1.54) is 12.1 Å². The van der Waals surface area contributed by atoms with Crippen LogP contribution in [0.15, 0.2) is 54.9 Å². The van der Waals surface area contributed by atoms with Gasteiger partial charge in [-0.2, -0.15) is 13.2 Å². The van der Waals surface area contributed by atoms with E-state index in [2.05, 4.69) is 15.3 Å². The third-order valence-electron chi connectivity index (χ3n) is 4.09. The second kappa shape index (κ2) is 7.65. The molecule has 0 saturated carbocycles. The van der Waals surface area contributed by atoms with Gasteiger partial charge in [0.15, 0.2) is 0 Å². The molecule has 1 amide bonds. The van der Waals surface area contributed by atoms with Crippen molar-refractivity contribution in [1.82, 2.24) is 15.3 Å². The molecule has 0 spiro atoms. The molecule has 27 heavy (non-hydrogen) atoms. The lowest BCUT2D eigenvalue weighted by molar-refractivity contribution is -0.137. The second-order valence-corrected chi connectivity index (χ2v) is 6.04. The lowest BCUT2D eigenvalue weighted by atomic mass is 10.1. The maximum atomic E-state index is 12.8. The fourth-order valence-corrected chi connectivity index (χ4v) is 2.71. The first-order chi connectivity index (χ1) is 12.9. The average molecular weight is 373 g/mol. The molecule has 0 aliphatic rings. The third kappa shape index (κ3) is 4.19. The first kappa shape index (κ1) is 18.7. The lowest BCUT2D eigenvalue weighted by Gasteiger charge is -2.07. The highest BCUT2D eigenvalue weighted by Gasteiger charge is 2.30. The number of carbonyl (C=O) groups is 1. The summed E-state index contributed by atoms with van der Waals surface area (Å²) in [5.74, 6) is -0.238. The van der Waals surface area contributed by atoms with Crippen LogP contribution < -0.4 is 5.32 Å². The van der Waals surface area contributed by atoms with E-state index >= 15 is 0 Å². The summed E-state index contributed by atoms with van der Waals surface area (Å²) in [6, 6.07) is 10.0. The number of hydrogen-bond donors (Lipinski definition) is 2. The Labute approximate surface area is 154 Å². The predicted octanol–water partition coefficient (Wildman–Crippen LogP) is 4.90. The lowest BCUT2D eigenvalue weighted by Crippen LogP contribution is -2.24. The zero-order valence-electron chi connectivity index (χ0n) is 14.6. The summed E-state index contributed by atoms with van der Waals surface area (Å²) in [6.45, 7) is 2.49. The van der Waals surface area contributed by atoms with Gasteiger partial charge in [-0.15, -0.1) is 0 Å². The van der Waals surface area contributed by atoms with Gasteiger partial charge in [0, 0.05) is 30.2 Å². The molecule has 2 N–H and O–H groups in total. The largest absolute Gasteiger partial charge is 0.416 e. The van der Waals surface area contributed by atoms with Crippen LogP contribution in [0.3, 0.4) is 0 Å². The normalized spacial score (nSPS) is 11.4. The van der Waals surface area contributed by atoms with Crippen LogP contribution in [0.5, 0.6) is 0 Å². The number of nitrogens with zero attached hydrogens (tertiary/aromatic N) is 1. The summed E-state index contributed by atoms with van der Waals surface area (Å²) in [4.78, 5) is 19.7. The van der Waals surface area contributed by atoms with Gasteiger partial charge in [-0.1, -0.05) is 19.1 Å². The number of carbonyl (C=O) groups excluding carboxylic acids is 1. The fraction of sp³-hybridized carbons (Fsp3) is 0.200. The van der Waals surface area contributed by atoms with Crippen molar-refractivity contribution in [2.45, 2.75) is 19.5 Å². The monoisotopic (exact) mass is 373 g/mol. The molecule has 2 heterocycles. The molecular formula is C20H18F3N3O. The highest BCUT2D eigenvalue weighted by Crippen LogP contribution is 2.32. The minimum Gasteiger partial charge on any atom is -0.354 e. The van der Waals surface area contributed by atoms with Crippen LogP contribution in [0.25, 0.3) is 22.5 Å². The van der Waals surface area contributed by atoms with Gasteiger partial charge in [-0.3, -0.25) is 9.78 Å². The Kier molecular flexibility index (Phi) is 5.30. The second-order valence-electron chi connectivity index (χ2n) is 6.04. The van der Waals surface area contributed by atoms with Gasteiger partial charge in [-0.25, -0.2) is 0 Å². The van der Waals surface area contributed by atoms with Crippen LogP contribution in [0, 0.1) is 0 Å². The topological polar surface area (TPSA) is 57.8 Å². The Balaban J connectivity index is 2.02. The van der Waals surface area contributed by atoms with Crippen molar-refractivity contribution in [2.24, 2.45) is 0 Å². The zero-order valence-corrected chi connectivity index (χ0v) is 14.6. The Hall–Kier alpha value is -3.09. The molecule has 1 aromatic carbocycles. The van der Waals surface area contributed by atoms with Crippen molar-refractivity contribution in [2.75, 3.05) is 6.54 Å². The molecule has 0 saturated heterocycles. The summed E-state index contributed by atoms with van der Waals surface area (Å²) in [7, 11) is 0. The number of nitrogens with one attached hydrogen (secondary N) is 2. The minimum absolute atomic E-state index is 0.238. The summed E-state index contributed by atoms with van der Waals surface area (Å²) in [5.41, 5.74) is 2.22. The number of alkyl halides is 3. The van der Waals surface area contributed by atoms with Crippen molar-refractivity contribution in [3.8, 4) is 22.5 Å². The Morgan fingerprint density at radius 1 is 1.07 bits per heavy atom. The van der Waals surface area contributed by atoms with Gasteiger partial charge >= 0.3 is 6.18 Å². The molecule has 0 atom stereocenters. The number of pyridine rings is 1. The van der Waals surface area contributed by atoms with Crippen molar-refractivity contribution in [3.63, 3.8) is 0 Å². The average Bonchev–Trinajstić information content (AvgIpc) is 3.12. The molecule has 4 nitrogen and oxygen atoms in total. The van der Waals surface area contributed by atoms with Crippen molar-refractivity contribution < 1.29 is 18.0 Å². The van der Waals surface area contributed by atoms with Gasteiger partial charge in [0.25, 0.3) is 5.91 Å². The molecular weight excluding hydrogens is 355 g/mol. The van der Waals surface area contributed by atoms with Crippen molar-refractivity contribution >= 4 is 5.91 Å². The molecule has 3 aromatic rings. The third-order valence-corrected chi connectivity index (χ3v) is 4.09. The summed E-state index contributed by atoms with van der Waals surface area (Å²) >= 11 is 0. The van der Waals surface area contributed by atoms with Crippen LogP contribution in [-0.2, 0) is 6.18 Å². The molecule has 0 aliphatic heterocycles. The van der Waals surface area contributed by atoms with Crippen LogP contribution in [0.2, 0.25) is 0 Å². The molecule has 2 aromatic heterocycles. The van der Waals surface area contributed by atoms with Crippen molar-refractivity contribution in [1.29, 1.82) is 0 Å². The predicted molar refractivity (Wildman–Crippen MR) is 97.1 cm³/mol. The van der Waals surface area contributed by atoms with E-state index < -0.39 is 11.7 Å². The van der Waals surface area contributed by atoms with E-state index in [1.54, 1.807) is 30.6 Å². The highest BCUT2D eigenvalue weighted by molar-refractivity contribution is 6.01. The number of aromatic amines is 1. The minimum atomic E-state index is -4.39. The molecule has 3 rings (SSSR count). The van der Waals surface area contributed by atoms with Crippen LogP contribution in [-0.4, -0.2) is 22.4 Å². The van der Waals surface area contributed by atoms with Crippen molar-refractivity contribution in [3.05, 3.63) is 66.0 Å². The van der Waals surface area contributed by atoms with Crippen LogP contribution in [0.4, 0.5) is 13.2 Å². The van der Waals surface area contributed by atoms with E-state index in [1.807, 2.05) is 6.92 Å². The number of H-pyrrole nitrogens is 1. The van der Waals surface area contributed by atoms with Gasteiger partial charge in [0.2, 0.25) is 0 Å². The number of aromatic nitrogens is 2. The standard InChI is InChI=1S/C20H18F3N3O/c1-2-9-25-19(27)16-12-17(26-18(16)14-7-10-24-11-8-14)13-3-5-15(6-4-13)20(21,22)23/h3-8,10-12,26H,2,9H2,1H3,(H,25,27). The van der Waals surface area contributed by atoms with Gasteiger partial charge < -0.3 is 10.3 Å². The Morgan fingerprint density at radius 3 is 2.33 bits per heavy atom. The molecule has 7 heteroatoms. The van der Waals surface area contributed by atoms with Crippen LogP contribution in [0.1, 0.15) is 29.3 Å². The molecule has 0 fully saturated rings. The summed E-state index contributed by atoms with van der Waals surface area (Å²) < 4.78 is 38.3. The Bertz CT molecular complexity index is 916. The van der Waals surface area contributed by atoms with Gasteiger partial charge in [-0.05, 0) is 42.3 Å². The van der Waals surface area contributed by atoms with Gasteiger partial charge in [0.1, 0.15) is 0 Å². The zero-order chi connectivity index (χ0) is 19.4. The van der Waals surface area contributed by atoms with E-state index in [4.69, 9.17) is 0 Å². The first-order valence-corrected chi connectivity index (χ1v) is 8.49. The highest BCUT2D eigenvalue weighted by atomic mass is 19.4. The van der Waals surface area contributed by atoms with Crippen LogP contribution >= 0.6 is 0 Å². The maximum Gasteiger partial charge on any atom is 0.416 e. The fourth-order valence-electron chi connectivity index (χ4n) is 2.71. The number of hydrogen-bond acceptors (Lipinski definition) is 2. The number of benzene rings is 1. The van der Waals surface area contributed by atoms with Gasteiger partial charge in [0.05, 0.1) is 16.8 Å². The number of rotatable bonds is 5. The Morgan fingerprint density at radius 2 is 1.74 bits per heavy atom. The summed E-state index contributed by atoms with van der Waals surface area (Å²) in [5, 5.41) is 2.83. The molecule has 0 radical (unpaired) electrons. The number of halogens is 3. The summed E-state index contributed by atoms with van der Waals surface area (Å²) in [6.07, 6.45) is -0.364. The molecule has 0 aliphatic carbocycles. The maximum absolute atomic E-state index is 12.8. The molecule has 0 unspecified atom stereocenters. The quantitative estimate of drug-likeness (QED) is 0.668. The van der Waals surface area contributed by atoms with E-state index in [0.29, 0.717) is 29.1 Å². The smallest absolute Gasteiger partial charge is 0.354 e.